The third-order valence-electron chi connectivity index (χ3n) is 3.90. The number of nitrogens with zero attached hydrogens (tertiary/aromatic N) is 1. The fourth-order valence-corrected chi connectivity index (χ4v) is 2.45. The highest BCUT2D eigenvalue weighted by atomic mass is 19.4. The number of nitrogens with one attached hydrogen (secondary N) is 3. The Balaban J connectivity index is 1.70. The van der Waals surface area contributed by atoms with Crippen molar-refractivity contribution in [3.63, 3.8) is 0 Å². The first-order chi connectivity index (χ1) is 13.8. The number of amides is 2. The molecule has 0 aliphatic heterocycles. The number of para-hydroxylation sites is 1. The maximum Gasteiger partial charge on any atom is 0.416 e. The molecular formula is C19H15F3N4O3. The summed E-state index contributed by atoms with van der Waals surface area (Å²) in [6.07, 6.45) is -3.33. The lowest BCUT2D eigenvalue weighted by Crippen LogP contribution is -2.41. The van der Waals surface area contributed by atoms with Gasteiger partial charge in [-0.3, -0.25) is 20.4 Å². The van der Waals surface area contributed by atoms with E-state index >= 15 is 0 Å². The van der Waals surface area contributed by atoms with Gasteiger partial charge in [0, 0.05) is 5.69 Å². The molecule has 10 heteroatoms. The van der Waals surface area contributed by atoms with Crippen LogP contribution in [-0.2, 0) is 6.18 Å². The molecule has 0 atom stereocenters. The lowest BCUT2D eigenvalue weighted by molar-refractivity contribution is -0.137. The number of rotatable bonds is 4. The Bertz CT molecular complexity index is 1030. The van der Waals surface area contributed by atoms with Crippen LogP contribution in [0.2, 0.25) is 0 Å². The van der Waals surface area contributed by atoms with Crippen LogP contribution in [0.4, 0.5) is 24.5 Å². The van der Waals surface area contributed by atoms with E-state index in [1.807, 2.05) is 0 Å². The summed E-state index contributed by atoms with van der Waals surface area (Å²) < 4.78 is 43.0. The zero-order chi connectivity index (χ0) is 21.0. The summed E-state index contributed by atoms with van der Waals surface area (Å²) in [7, 11) is 0. The van der Waals surface area contributed by atoms with E-state index in [0.717, 1.165) is 18.5 Å². The number of aryl methyl sites for hydroxylation is 1. The second-order valence-electron chi connectivity index (χ2n) is 5.92. The summed E-state index contributed by atoms with van der Waals surface area (Å²) in [5, 5.41) is 2.89. The smallest absolute Gasteiger partial charge is 0.416 e. The van der Waals surface area contributed by atoms with Crippen LogP contribution < -0.4 is 16.2 Å². The van der Waals surface area contributed by atoms with Crippen LogP contribution in [0, 0.1) is 6.92 Å². The van der Waals surface area contributed by atoms with Crippen molar-refractivity contribution in [2.45, 2.75) is 13.1 Å². The zero-order valence-electron chi connectivity index (χ0n) is 15.0. The van der Waals surface area contributed by atoms with E-state index in [1.54, 1.807) is 25.1 Å². The van der Waals surface area contributed by atoms with E-state index in [-0.39, 0.29) is 11.3 Å². The molecule has 2 amide bonds. The number of hydrazine groups is 1. The summed E-state index contributed by atoms with van der Waals surface area (Å²) in [4.78, 5) is 28.2. The minimum absolute atomic E-state index is 0.0403. The van der Waals surface area contributed by atoms with Crippen LogP contribution in [0.1, 0.15) is 32.2 Å². The average molecular weight is 404 g/mol. The first kappa shape index (κ1) is 19.9. The molecule has 0 radical (unpaired) electrons. The molecule has 1 heterocycles. The molecule has 0 aliphatic rings. The number of alkyl halides is 3. The van der Waals surface area contributed by atoms with Gasteiger partial charge in [-0.05, 0) is 43.3 Å². The van der Waals surface area contributed by atoms with Crippen LogP contribution in [-0.4, -0.2) is 16.8 Å². The number of benzene rings is 2. The van der Waals surface area contributed by atoms with E-state index < -0.39 is 23.6 Å². The fourth-order valence-electron chi connectivity index (χ4n) is 2.45. The van der Waals surface area contributed by atoms with Crippen molar-refractivity contribution in [1.82, 2.24) is 15.8 Å². The number of anilines is 2. The second-order valence-corrected chi connectivity index (χ2v) is 5.92. The van der Waals surface area contributed by atoms with Gasteiger partial charge in [0.15, 0.2) is 6.39 Å². The first-order valence-corrected chi connectivity index (χ1v) is 8.30. The van der Waals surface area contributed by atoms with Gasteiger partial charge in [0.1, 0.15) is 0 Å². The predicted molar refractivity (Wildman–Crippen MR) is 97.3 cm³/mol. The van der Waals surface area contributed by atoms with Crippen LogP contribution >= 0.6 is 0 Å². The van der Waals surface area contributed by atoms with Crippen molar-refractivity contribution >= 4 is 23.2 Å². The van der Waals surface area contributed by atoms with E-state index in [1.165, 1.54) is 18.2 Å². The van der Waals surface area contributed by atoms with Crippen molar-refractivity contribution in [2.75, 3.05) is 5.32 Å². The molecule has 0 saturated carbocycles. The van der Waals surface area contributed by atoms with Gasteiger partial charge >= 0.3 is 12.1 Å². The minimum atomic E-state index is -4.43. The maximum atomic E-state index is 12.7. The third-order valence-corrected chi connectivity index (χ3v) is 3.90. The number of carbonyl (C=O) groups excluding carboxylic acids is 2. The zero-order valence-corrected chi connectivity index (χ0v) is 15.0. The van der Waals surface area contributed by atoms with Crippen LogP contribution in [0.3, 0.4) is 0 Å². The van der Waals surface area contributed by atoms with Crippen molar-refractivity contribution in [1.29, 1.82) is 0 Å². The Kier molecular flexibility index (Phi) is 5.53. The third kappa shape index (κ3) is 4.72. The molecule has 0 saturated heterocycles. The molecule has 1 aromatic heterocycles. The molecule has 0 unspecified atom stereocenters. The summed E-state index contributed by atoms with van der Waals surface area (Å²) in [5.41, 5.74) is 4.92. The highest BCUT2D eigenvalue weighted by molar-refractivity contribution is 6.02. The van der Waals surface area contributed by atoms with Gasteiger partial charge in [0.25, 0.3) is 5.91 Å². The molecule has 3 rings (SSSR count). The molecule has 3 aromatic rings. The van der Waals surface area contributed by atoms with Crippen molar-refractivity contribution in [3.8, 4) is 0 Å². The number of halogens is 3. The summed E-state index contributed by atoms with van der Waals surface area (Å²) in [6, 6.07) is 10.7. The Hall–Kier alpha value is -3.82. The fraction of sp³-hybridized carbons (Fsp3) is 0.105. The Labute approximate surface area is 162 Å². The first-order valence-electron chi connectivity index (χ1n) is 8.30. The van der Waals surface area contributed by atoms with Crippen molar-refractivity contribution in [2.24, 2.45) is 0 Å². The molecule has 0 fully saturated rings. The van der Waals surface area contributed by atoms with Crippen LogP contribution in [0.5, 0.6) is 0 Å². The molecule has 29 heavy (non-hydrogen) atoms. The molecule has 0 bridgehead atoms. The monoisotopic (exact) mass is 404 g/mol. The SMILES string of the molecule is Cc1ncoc1C(=O)NNC(=O)c1ccccc1Nc1ccc(C(F)(F)F)cc1. The summed E-state index contributed by atoms with van der Waals surface area (Å²) in [5.74, 6) is -1.35. The van der Waals surface area contributed by atoms with Gasteiger partial charge in [-0.2, -0.15) is 13.2 Å². The van der Waals surface area contributed by atoms with E-state index in [4.69, 9.17) is 4.42 Å². The molecule has 0 spiro atoms. The Morgan fingerprint density at radius 1 is 0.966 bits per heavy atom. The topological polar surface area (TPSA) is 96.3 Å². The number of hydrogen-bond acceptors (Lipinski definition) is 5. The van der Waals surface area contributed by atoms with Gasteiger partial charge in [-0.15, -0.1) is 0 Å². The second kappa shape index (κ2) is 8.05. The molecule has 3 N–H and O–H groups in total. The van der Waals surface area contributed by atoms with Crippen LogP contribution in [0.25, 0.3) is 0 Å². The van der Waals surface area contributed by atoms with Gasteiger partial charge in [0.05, 0.1) is 22.5 Å². The van der Waals surface area contributed by atoms with Crippen molar-refractivity contribution in [3.05, 3.63) is 77.5 Å². The Morgan fingerprint density at radius 2 is 1.62 bits per heavy atom. The lowest BCUT2D eigenvalue weighted by atomic mass is 10.1. The maximum absolute atomic E-state index is 12.7. The molecule has 0 aliphatic carbocycles. The number of aromatic nitrogens is 1. The standard InChI is InChI=1S/C19H15F3N4O3/c1-11-16(29-10-23-11)18(28)26-25-17(27)14-4-2-3-5-15(14)24-13-8-6-12(7-9-13)19(20,21)22/h2-10,24H,1H3,(H,25,27)(H,26,28). The average Bonchev–Trinajstić information content (AvgIpc) is 3.12. The molecular weight excluding hydrogens is 389 g/mol. The van der Waals surface area contributed by atoms with Gasteiger partial charge in [-0.25, -0.2) is 4.98 Å². The predicted octanol–water partition coefficient (Wildman–Crippen LogP) is 3.82. The van der Waals surface area contributed by atoms with Gasteiger partial charge < -0.3 is 9.73 Å². The summed E-state index contributed by atoms with van der Waals surface area (Å²) >= 11 is 0. The number of hydrogen-bond donors (Lipinski definition) is 3. The highest BCUT2D eigenvalue weighted by Crippen LogP contribution is 2.30. The van der Waals surface area contributed by atoms with Crippen LogP contribution in [0.15, 0.2) is 59.3 Å². The van der Waals surface area contributed by atoms with Gasteiger partial charge in [-0.1, -0.05) is 12.1 Å². The highest BCUT2D eigenvalue weighted by Gasteiger charge is 2.30. The molecule has 7 nitrogen and oxygen atoms in total. The number of carbonyl (C=O) groups is 2. The largest absolute Gasteiger partial charge is 0.438 e. The quantitative estimate of drug-likeness (QED) is 0.575. The van der Waals surface area contributed by atoms with Crippen molar-refractivity contribution < 1.29 is 27.2 Å². The number of oxazole rings is 1. The minimum Gasteiger partial charge on any atom is -0.438 e. The Morgan fingerprint density at radius 3 is 2.24 bits per heavy atom. The lowest BCUT2D eigenvalue weighted by Gasteiger charge is -2.13. The van der Waals surface area contributed by atoms with E-state index in [2.05, 4.69) is 21.2 Å². The normalized spacial score (nSPS) is 11.0. The van der Waals surface area contributed by atoms with E-state index in [9.17, 15) is 22.8 Å². The molecule has 2 aromatic carbocycles. The molecule has 150 valence electrons. The van der Waals surface area contributed by atoms with Gasteiger partial charge in [0.2, 0.25) is 5.76 Å². The van der Waals surface area contributed by atoms with E-state index in [0.29, 0.717) is 17.1 Å². The summed E-state index contributed by atoms with van der Waals surface area (Å²) in [6.45, 7) is 1.57.